The van der Waals surface area contributed by atoms with Crippen molar-refractivity contribution >= 4 is 40.0 Å². The van der Waals surface area contributed by atoms with Crippen molar-refractivity contribution < 1.29 is 47.0 Å². The second kappa shape index (κ2) is 7.96. The molecule has 29 heavy (non-hydrogen) atoms. The third kappa shape index (κ3) is 3.59. The third-order valence-electron chi connectivity index (χ3n) is 4.86. The van der Waals surface area contributed by atoms with Crippen LogP contribution in [0.3, 0.4) is 0 Å². The lowest BCUT2D eigenvalue weighted by Gasteiger charge is -2.40. The molecule has 0 heterocycles. The molecule has 2 atom stereocenters. The maximum absolute atomic E-state index is 12.6. The summed E-state index contributed by atoms with van der Waals surface area (Å²) >= 11 is 1.26. The van der Waals surface area contributed by atoms with Crippen LogP contribution in [0.1, 0.15) is 6.42 Å². The monoisotopic (exact) mass is 460 g/mol. The molecule has 3 N–H and O–H groups in total. The molecule has 0 bridgehead atoms. The van der Waals surface area contributed by atoms with E-state index in [1.165, 1.54) is 12.2 Å². The van der Waals surface area contributed by atoms with Crippen molar-refractivity contribution in [2.75, 3.05) is 0 Å². The topological polar surface area (TPSA) is 149 Å². The van der Waals surface area contributed by atoms with Gasteiger partial charge in [0.15, 0.2) is 5.78 Å². The van der Waals surface area contributed by atoms with Gasteiger partial charge in [0.2, 0.25) is 0 Å². The number of allylic oxidation sites excluding steroid dienone is 8. The van der Waals surface area contributed by atoms with E-state index in [0.29, 0.717) is 56.9 Å². The van der Waals surface area contributed by atoms with Gasteiger partial charge in [-0.25, -0.2) is 10.5 Å². The molecule has 0 aromatic carbocycles. The van der Waals surface area contributed by atoms with E-state index < -0.39 is 21.3 Å². The van der Waals surface area contributed by atoms with Crippen LogP contribution in [-0.2, 0) is 33.7 Å². The second-order valence-corrected chi connectivity index (χ2v) is 9.17. The van der Waals surface area contributed by atoms with Gasteiger partial charge in [0.05, 0.1) is 22.2 Å². The first-order chi connectivity index (χ1) is 13.9. The summed E-state index contributed by atoms with van der Waals surface area (Å²) < 4.78 is 42.8. The van der Waals surface area contributed by atoms with Gasteiger partial charge < -0.3 is 0 Å². The minimum atomic E-state index is -4.58. The van der Waals surface area contributed by atoms with Gasteiger partial charge >= 0.3 is 0 Å². The molecular formula is C16H12O10S3. The molecule has 0 aromatic rings. The molecule has 10 nitrogen and oxygen atoms in total. The van der Waals surface area contributed by atoms with Crippen molar-refractivity contribution in [2.45, 2.75) is 11.7 Å². The highest BCUT2D eigenvalue weighted by atomic mass is 32.2. The van der Waals surface area contributed by atoms with Crippen molar-refractivity contribution in [3.63, 3.8) is 0 Å². The largest absolute Gasteiger partial charge is 0.294 e. The van der Waals surface area contributed by atoms with Gasteiger partial charge in [0, 0.05) is 34.5 Å². The molecule has 0 radical (unpaired) electrons. The molecule has 154 valence electrons. The summed E-state index contributed by atoms with van der Waals surface area (Å²) in [5.74, 6) is -0.907. The Balaban J connectivity index is 1.88. The zero-order chi connectivity index (χ0) is 20.8. The average Bonchev–Trinajstić information content (AvgIpc) is 2.69. The maximum atomic E-state index is 12.6. The number of rotatable bonds is 7. The summed E-state index contributed by atoms with van der Waals surface area (Å²) in [6.45, 7) is 0. The Bertz CT molecular complexity index is 1060. The fraction of sp³-hybridized carbons (Fsp3) is 0.188. The van der Waals surface area contributed by atoms with Crippen LogP contribution in [0.5, 0.6) is 0 Å². The minimum absolute atomic E-state index is 0.129. The number of ketones is 1. The summed E-state index contributed by atoms with van der Waals surface area (Å²) in [5, 5.41) is 23.4. The van der Waals surface area contributed by atoms with Crippen LogP contribution < -0.4 is 0 Å². The Hall–Kier alpha value is -1.52. The van der Waals surface area contributed by atoms with E-state index in [1.807, 2.05) is 0 Å². The van der Waals surface area contributed by atoms with Gasteiger partial charge in [0.1, 0.15) is 0 Å². The Morgan fingerprint density at radius 2 is 1.79 bits per heavy atom. The summed E-state index contributed by atoms with van der Waals surface area (Å²) in [6, 6.07) is 0. The molecule has 0 aliphatic heterocycles. The Kier molecular flexibility index (Phi) is 5.69. The van der Waals surface area contributed by atoms with Gasteiger partial charge in [-0.15, -0.1) is 8.67 Å². The van der Waals surface area contributed by atoms with E-state index in [2.05, 4.69) is 18.7 Å². The van der Waals surface area contributed by atoms with Crippen molar-refractivity contribution in [2.24, 2.45) is 5.92 Å². The van der Waals surface area contributed by atoms with Crippen LogP contribution in [0, 0.1) is 5.92 Å². The van der Waals surface area contributed by atoms with Gasteiger partial charge in [-0.05, 0) is 34.8 Å². The summed E-state index contributed by atoms with van der Waals surface area (Å²) in [7, 11) is -4.58. The zero-order valence-corrected chi connectivity index (χ0v) is 16.6. The van der Waals surface area contributed by atoms with Crippen LogP contribution in [0.4, 0.5) is 0 Å². The van der Waals surface area contributed by atoms with Crippen LogP contribution in [-0.4, -0.2) is 34.5 Å². The molecule has 2 unspecified atom stereocenters. The lowest BCUT2D eigenvalue weighted by Crippen LogP contribution is -2.32. The van der Waals surface area contributed by atoms with Gasteiger partial charge in [-0.3, -0.25) is 9.35 Å². The minimum Gasteiger partial charge on any atom is -0.290 e. The molecule has 4 aliphatic rings. The lowest BCUT2D eigenvalue weighted by molar-refractivity contribution is -0.432. The zero-order valence-electron chi connectivity index (χ0n) is 14.2. The Morgan fingerprint density at radius 1 is 1.07 bits per heavy atom. The van der Waals surface area contributed by atoms with E-state index >= 15 is 0 Å². The highest BCUT2D eigenvalue weighted by Crippen LogP contribution is 2.54. The Labute approximate surface area is 172 Å². The van der Waals surface area contributed by atoms with Gasteiger partial charge in [-0.1, -0.05) is 28.3 Å². The molecule has 0 aromatic heterocycles. The van der Waals surface area contributed by atoms with Gasteiger partial charge in [-0.2, -0.15) is 8.42 Å². The highest BCUT2D eigenvalue weighted by molar-refractivity contribution is 7.98. The summed E-state index contributed by atoms with van der Waals surface area (Å²) in [5.41, 5.74) is 2.62. The quantitative estimate of drug-likeness (QED) is 0.222. The molecule has 0 fully saturated rings. The third-order valence-corrected chi connectivity index (χ3v) is 7.20. The van der Waals surface area contributed by atoms with Crippen molar-refractivity contribution in [3.8, 4) is 0 Å². The molecule has 0 amide bonds. The molecular weight excluding hydrogens is 448 g/mol. The summed E-state index contributed by atoms with van der Waals surface area (Å²) in [4.78, 5) is 12.7. The van der Waals surface area contributed by atoms with Crippen LogP contribution >= 0.6 is 24.1 Å². The highest BCUT2D eigenvalue weighted by Gasteiger charge is 2.45. The number of hydrogen-bond acceptors (Lipinski definition) is 11. The number of hydrogen-bond donors (Lipinski definition) is 3. The van der Waals surface area contributed by atoms with E-state index in [1.54, 1.807) is 18.2 Å². The predicted octanol–water partition coefficient (Wildman–Crippen LogP) is 2.86. The molecule has 4 rings (SSSR count). The molecule has 0 spiro atoms. The van der Waals surface area contributed by atoms with E-state index in [0.717, 1.165) is 0 Å². The van der Waals surface area contributed by atoms with Gasteiger partial charge in [0.25, 0.3) is 10.1 Å². The number of carbonyl (C=O) groups is 1. The van der Waals surface area contributed by atoms with Crippen LogP contribution in [0.15, 0.2) is 68.1 Å². The molecule has 0 saturated heterocycles. The first kappa shape index (κ1) is 20.7. The van der Waals surface area contributed by atoms with Crippen LogP contribution in [0.2, 0.25) is 0 Å². The first-order valence-corrected chi connectivity index (χ1v) is 10.9. The van der Waals surface area contributed by atoms with E-state index in [4.69, 9.17) is 10.5 Å². The maximum Gasteiger partial charge on any atom is 0.294 e. The van der Waals surface area contributed by atoms with Crippen molar-refractivity contribution in [3.05, 3.63) is 68.1 Å². The standard InChI is InChI=1S/C16H12O10S3/c17-11-5-12(27-25-23-18)8-2-3-9-13(28-26-24-19)6-14(29(20,21)22)10-4-1-7(11)15(8)16(9)10/h1-3,5-6,13,15,18-19H,4H2,(H,20,21,22). The molecule has 13 heteroatoms. The normalized spacial score (nSPS) is 25.6. The SMILES string of the molecule is O=C1C=C(SOOO)C2=CC=C3C4=C(CC=C1C24)C(S(=O)(=O)O)=CC3SOOO. The van der Waals surface area contributed by atoms with Crippen LogP contribution in [0.25, 0.3) is 0 Å². The van der Waals surface area contributed by atoms with E-state index in [-0.39, 0.29) is 17.1 Å². The fourth-order valence-corrected chi connectivity index (χ4v) is 5.93. The predicted molar refractivity (Wildman–Crippen MR) is 101 cm³/mol. The average molecular weight is 460 g/mol. The lowest BCUT2D eigenvalue weighted by atomic mass is 9.67. The number of carbonyl (C=O) groups excluding carboxylic acids is 1. The van der Waals surface area contributed by atoms with Crippen molar-refractivity contribution in [1.82, 2.24) is 0 Å². The molecule has 4 aliphatic carbocycles. The molecule has 0 saturated carbocycles. The van der Waals surface area contributed by atoms with Crippen molar-refractivity contribution in [1.29, 1.82) is 0 Å². The first-order valence-electron chi connectivity index (χ1n) is 7.96. The second-order valence-electron chi connectivity index (χ2n) is 6.20. The smallest absolute Gasteiger partial charge is 0.290 e. The fourth-order valence-electron chi connectivity index (χ4n) is 3.87. The van der Waals surface area contributed by atoms with E-state index in [9.17, 15) is 17.8 Å². The Morgan fingerprint density at radius 3 is 2.48 bits per heavy atom. The summed E-state index contributed by atoms with van der Waals surface area (Å²) in [6.07, 6.45) is 7.82.